The van der Waals surface area contributed by atoms with Gasteiger partial charge in [-0.15, -0.1) is 0 Å². The van der Waals surface area contributed by atoms with Gasteiger partial charge < -0.3 is 0 Å². The fourth-order valence-electron chi connectivity index (χ4n) is 12.2. The minimum Gasteiger partial charge on any atom is -0.0654 e. The van der Waals surface area contributed by atoms with Crippen molar-refractivity contribution >= 4 is 0 Å². The molecule has 0 saturated heterocycles. The van der Waals surface area contributed by atoms with Gasteiger partial charge in [-0.2, -0.15) is 0 Å². The summed E-state index contributed by atoms with van der Waals surface area (Å²) in [5, 5.41) is 0. The Morgan fingerprint density at radius 1 is 0.568 bits per heavy atom. The highest BCUT2D eigenvalue weighted by Gasteiger charge is 2.62. The third-order valence-electron chi connectivity index (χ3n) is 14.4. The van der Waals surface area contributed by atoms with Gasteiger partial charge in [-0.3, -0.25) is 0 Å². The molecule has 0 amide bonds. The van der Waals surface area contributed by atoms with E-state index in [1.165, 1.54) is 83.5 Å². The van der Waals surface area contributed by atoms with E-state index in [-0.39, 0.29) is 0 Å². The molecule has 0 spiro atoms. The second kappa shape index (κ2) is 11.9. The highest BCUT2D eigenvalue weighted by atomic mass is 14.7. The predicted molar refractivity (Wildman–Crippen MR) is 162 cm³/mol. The van der Waals surface area contributed by atoms with Crippen LogP contribution in [0.3, 0.4) is 0 Å². The molecular formula is C37H66. The number of hydrogen-bond donors (Lipinski definition) is 0. The molecule has 0 radical (unpaired) electrons. The molecule has 5 saturated carbocycles. The molecule has 0 aliphatic heterocycles. The maximum Gasteiger partial charge on any atom is -0.0210 e. The fourth-order valence-corrected chi connectivity index (χ4v) is 12.2. The highest BCUT2D eigenvalue weighted by Crippen LogP contribution is 2.70. The molecule has 214 valence electrons. The molecule has 0 aromatic rings. The summed E-state index contributed by atoms with van der Waals surface area (Å²) in [5.74, 6) is 4.12. The van der Waals surface area contributed by atoms with Crippen molar-refractivity contribution in [2.24, 2.45) is 45.3 Å². The second-order valence-electron chi connectivity index (χ2n) is 16.5. The second-order valence-corrected chi connectivity index (χ2v) is 16.5. The zero-order valence-electron chi connectivity index (χ0n) is 26.0. The summed E-state index contributed by atoms with van der Waals surface area (Å²) < 4.78 is 0. The first-order chi connectivity index (χ1) is 17.9. The molecule has 37 heavy (non-hydrogen) atoms. The third-order valence-corrected chi connectivity index (χ3v) is 14.4. The van der Waals surface area contributed by atoms with Crippen molar-refractivity contribution in [3.63, 3.8) is 0 Å². The van der Waals surface area contributed by atoms with E-state index >= 15 is 0 Å². The van der Waals surface area contributed by atoms with Crippen molar-refractivity contribution < 1.29 is 0 Å². The number of rotatable bonds is 8. The summed E-state index contributed by atoms with van der Waals surface area (Å²) in [7, 11) is 0. The van der Waals surface area contributed by atoms with Crippen LogP contribution in [0.1, 0.15) is 188 Å². The van der Waals surface area contributed by atoms with Gasteiger partial charge in [-0.25, -0.2) is 0 Å². The van der Waals surface area contributed by atoms with E-state index in [1.54, 1.807) is 77.0 Å². The van der Waals surface area contributed by atoms with Crippen LogP contribution in [0.15, 0.2) is 0 Å². The molecule has 0 nitrogen and oxygen atoms in total. The molecule has 5 aliphatic carbocycles. The van der Waals surface area contributed by atoms with E-state index in [4.69, 9.17) is 0 Å². The molecule has 5 unspecified atom stereocenters. The molecule has 0 heteroatoms. The summed E-state index contributed by atoms with van der Waals surface area (Å²) >= 11 is 0. The lowest BCUT2D eigenvalue weighted by atomic mass is 9.38. The van der Waals surface area contributed by atoms with Gasteiger partial charge in [-0.05, 0) is 116 Å². The molecule has 0 aromatic heterocycles. The van der Waals surface area contributed by atoms with Crippen LogP contribution in [-0.4, -0.2) is 0 Å². The van der Waals surface area contributed by atoms with E-state index in [1.807, 2.05) is 0 Å². The predicted octanol–water partition coefficient (Wildman–Crippen LogP) is 12.3. The summed E-state index contributed by atoms with van der Waals surface area (Å²) in [6.45, 7) is 10.9. The maximum absolute atomic E-state index is 2.86. The minimum atomic E-state index is 0.611. The Morgan fingerprint density at radius 3 is 1.76 bits per heavy atom. The first-order valence-electron chi connectivity index (χ1n) is 17.9. The van der Waals surface area contributed by atoms with Gasteiger partial charge in [-0.1, -0.05) is 118 Å². The number of hydrogen-bond acceptors (Lipinski definition) is 0. The molecule has 5 fully saturated rings. The highest BCUT2D eigenvalue weighted by molar-refractivity contribution is 5.11. The van der Waals surface area contributed by atoms with Gasteiger partial charge in [0.25, 0.3) is 0 Å². The lowest BCUT2D eigenvalue weighted by Crippen LogP contribution is -2.58. The van der Waals surface area contributed by atoms with Crippen LogP contribution < -0.4 is 0 Å². The van der Waals surface area contributed by atoms with Crippen molar-refractivity contribution in [3.8, 4) is 0 Å². The van der Waals surface area contributed by atoms with Crippen molar-refractivity contribution in [1.82, 2.24) is 0 Å². The average Bonchev–Trinajstić information content (AvgIpc) is 2.91. The molecule has 0 N–H and O–H groups in total. The molecule has 5 atom stereocenters. The van der Waals surface area contributed by atoms with Gasteiger partial charge in [0.2, 0.25) is 0 Å². The first-order valence-corrected chi connectivity index (χ1v) is 17.9. The maximum atomic E-state index is 2.86. The van der Waals surface area contributed by atoms with Crippen LogP contribution in [0.25, 0.3) is 0 Å². The van der Waals surface area contributed by atoms with E-state index in [2.05, 4.69) is 27.7 Å². The molecule has 0 aromatic carbocycles. The fraction of sp³-hybridized carbons (Fsp3) is 1.00. The zero-order valence-corrected chi connectivity index (χ0v) is 26.0. The number of unbranched alkanes of at least 4 members (excludes halogenated alkanes) is 3. The van der Waals surface area contributed by atoms with E-state index in [0.29, 0.717) is 21.7 Å². The van der Waals surface area contributed by atoms with E-state index < -0.39 is 0 Å². The Morgan fingerprint density at radius 2 is 1.14 bits per heavy atom. The van der Waals surface area contributed by atoms with Crippen molar-refractivity contribution in [2.75, 3.05) is 0 Å². The van der Waals surface area contributed by atoms with Gasteiger partial charge in [0.1, 0.15) is 0 Å². The molecular weight excluding hydrogens is 444 g/mol. The van der Waals surface area contributed by atoms with Gasteiger partial charge in [0.15, 0.2) is 0 Å². The summed E-state index contributed by atoms with van der Waals surface area (Å²) in [5.41, 5.74) is 2.54. The van der Waals surface area contributed by atoms with E-state index in [0.717, 1.165) is 23.7 Å². The monoisotopic (exact) mass is 511 g/mol. The lowest BCUT2D eigenvalue weighted by Gasteiger charge is -2.66. The standard InChI is InChI=1S/C37H66/c1-5-6-7-17-27-37(36(4)25-15-10-16-26-36)29-30(34(2)21-11-8-12-22-34)28-31-32(19-18-20-33(31)37)35(3)23-13-9-14-24-35/h30-33H,5-29H2,1-4H3. The Kier molecular flexibility index (Phi) is 9.14. The Labute approximate surface area is 233 Å². The summed E-state index contributed by atoms with van der Waals surface area (Å²) in [6, 6.07) is 0. The minimum absolute atomic E-state index is 0.611. The quantitative estimate of drug-likeness (QED) is 0.285. The van der Waals surface area contributed by atoms with Crippen LogP contribution in [0.5, 0.6) is 0 Å². The summed E-state index contributed by atoms with van der Waals surface area (Å²) in [4.78, 5) is 0. The Hall–Kier alpha value is 0. The zero-order chi connectivity index (χ0) is 26.0. The summed E-state index contributed by atoms with van der Waals surface area (Å²) in [6.07, 6.45) is 38.3. The first kappa shape index (κ1) is 28.5. The topological polar surface area (TPSA) is 0 Å². The van der Waals surface area contributed by atoms with E-state index in [9.17, 15) is 0 Å². The van der Waals surface area contributed by atoms with Gasteiger partial charge >= 0.3 is 0 Å². The average molecular weight is 511 g/mol. The smallest absolute Gasteiger partial charge is 0.0210 e. The van der Waals surface area contributed by atoms with Crippen LogP contribution in [-0.2, 0) is 0 Å². The lowest BCUT2D eigenvalue weighted by molar-refractivity contribution is -0.173. The number of fused-ring (bicyclic) bond motifs is 1. The Bertz CT molecular complexity index is 700. The van der Waals surface area contributed by atoms with Gasteiger partial charge in [0, 0.05) is 0 Å². The van der Waals surface area contributed by atoms with Crippen LogP contribution >= 0.6 is 0 Å². The third kappa shape index (κ3) is 5.50. The van der Waals surface area contributed by atoms with Crippen molar-refractivity contribution in [2.45, 2.75) is 188 Å². The SMILES string of the molecule is CCCCCCC1(C2(C)CCCCC2)CC(C2(C)CCCCC2)CC2C(C3(C)CCCCC3)CCCC21. The van der Waals surface area contributed by atoms with Crippen LogP contribution in [0.2, 0.25) is 0 Å². The molecule has 0 heterocycles. The van der Waals surface area contributed by atoms with Crippen LogP contribution in [0, 0.1) is 45.3 Å². The largest absolute Gasteiger partial charge is 0.0654 e. The Balaban J connectivity index is 1.55. The van der Waals surface area contributed by atoms with Crippen molar-refractivity contribution in [1.29, 1.82) is 0 Å². The molecule has 0 bridgehead atoms. The van der Waals surface area contributed by atoms with Crippen molar-refractivity contribution in [3.05, 3.63) is 0 Å². The van der Waals surface area contributed by atoms with Gasteiger partial charge in [0.05, 0.1) is 0 Å². The molecule has 5 rings (SSSR count). The molecule has 5 aliphatic rings. The normalized spacial score (nSPS) is 39.6. The van der Waals surface area contributed by atoms with Crippen LogP contribution in [0.4, 0.5) is 0 Å².